The third-order valence-electron chi connectivity index (χ3n) is 5.85. The van der Waals surface area contributed by atoms with Crippen molar-refractivity contribution < 1.29 is 4.79 Å². The van der Waals surface area contributed by atoms with Crippen LogP contribution in [0.1, 0.15) is 27.0 Å². The summed E-state index contributed by atoms with van der Waals surface area (Å²) >= 11 is 6.16. The molecule has 31 heavy (non-hydrogen) atoms. The number of anilines is 3. The molecule has 0 bridgehead atoms. The molecule has 1 aliphatic heterocycles. The zero-order valence-corrected chi connectivity index (χ0v) is 18.2. The van der Waals surface area contributed by atoms with Crippen LogP contribution in [-0.2, 0) is 6.42 Å². The lowest BCUT2D eigenvalue weighted by atomic mass is 10.1. The number of aromatic nitrogens is 1. The number of hydrogen-bond acceptors (Lipinski definition) is 3. The SMILES string of the molecule is Cc1ccc2cc3c(nc2c1)N(c1ccc(C(=O)Nc2cccc(Cl)c2C)cc1)CC3. The van der Waals surface area contributed by atoms with Crippen molar-refractivity contribution in [3.8, 4) is 0 Å². The third kappa shape index (κ3) is 3.64. The average molecular weight is 428 g/mol. The summed E-state index contributed by atoms with van der Waals surface area (Å²) < 4.78 is 0. The van der Waals surface area contributed by atoms with E-state index in [4.69, 9.17) is 16.6 Å². The number of fused-ring (bicyclic) bond motifs is 2. The van der Waals surface area contributed by atoms with Crippen LogP contribution in [0.2, 0.25) is 5.02 Å². The summed E-state index contributed by atoms with van der Waals surface area (Å²) in [4.78, 5) is 19.9. The van der Waals surface area contributed by atoms with Gasteiger partial charge in [0.1, 0.15) is 5.82 Å². The maximum Gasteiger partial charge on any atom is 0.255 e. The van der Waals surface area contributed by atoms with E-state index in [0.29, 0.717) is 10.6 Å². The lowest BCUT2D eigenvalue weighted by Crippen LogP contribution is -2.16. The van der Waals surface area contributed by atoms with Gasteiger partial charge in [-0.2, -0.15) is 0 Å². The number of carbonyl (C=O) groups excluding carboxylic acids is 1. The van der Waals surface area contributed by atoms with Crippen LogP contribution in [0.5, 0.6) is 0 Å². The third-order valence-corrected chi connectivity index (χ3v) is 6.26. The van der Waals surface area contributed by atoms with Gasteiger partial charge in [-0.1, -0.05) is 29.8 Å². The number of hydrogen-bond donors (Lipinski definition) is 1. The molecule has 0 aliphatic carbocycles. The van der Waals surface area contributed by atoms with E-state index in [1.165, 1.54) is 16.5 Å². The van der Waals surface area contributed by atoms with Crippen LogP contribution in [0.4, 0.5) is 17.2 Å². The maximum atomic E-state index is 12.7. The number of benzene rings is 3. The van der Waals surface area contributed by atoms with Crippen LogP contribution in [0.25, 0.3) is 10.9 Å². The fourth-order valence-corrected chi connectivity index (χ4v) is 4.22. The number of amides is 1. The minimum atomic E-state index is -0.154. The lowest BCUT2D eigenvalue weighted by molar-refractivity contribution is 0.102. The zero-order valence-electron chi connectivity index (χ0n) is 17.4. The second-order valence-electron chi connectivity index (χ2n) is 7.98. The lowest BCUT2D eigenvalue weighted by Gasteiger charge is -2.19. The molecule has 0 unspecified atom stereocenters. The fraction of sp³-hybridized carbons (Fsp3) is 0.154. The molecule has 154 valence electrons. The Morgan fingerprint density at radius 1 is 1.03 bits per heavy atom. The Bertz CT molecular complexity index is 1310. The van der Waals surface area contributed by atoms with E-state index < -0.39 is 0 Å². The summed E-state index contributed by atoms with van der Waals surface area (Å²) in [6, 6.07) is 21.8. The van der Waals surface area contributed by atoms with Gasteiger partial charge in [0, 0.05) is 33.9 Å². The molecule has 2 heterocycles. The van der Waals surface area contributed by atoms with Crippen molar-refractivity contribution in [2.75, 3.05) is 16.8 Å². The Hall–Kier alpha value is -3.37. The van der Waals surface area contributed by atoms with Crippen LogP contribution in [-0.4, -0.2) is 17.4 Å². The van der Waals surface area contributed by atoms with Gasteiger partial charge in [0.05, 0.1) is 5.52 Å². The van der Waals surface area contributed by atoms with Crippen molar-refractivity contribution in [3.63, 3.8) is 0 Å². The second kappa shape index (κ2) is 7.71. The molecule has 0 saturated carbocycles. The van der Waals surface area contributed by atoms with E-state index >= 15 is 0 Å². The van der Waals surface area contributed by atoms with Crippen molar-refractivity contribution in [2.24, 2.45) is 0 Å². The number of nitrogens with zero attached hydrogens (tertiary/aromatic N) is 2. The van der Waals surface area contributed by atoms with Gasteiger partial charge in [-0.3, -0.25) is 4.79 Å². The maximum absolute atomic E-state index is 12.7. The van der Waals surface area contributed by atoms with Crippen molar-refractivity contribution in [3.05, 3.63) is 94.0 Å². The minimum absolute atomic E-state index is 0.154. The van der Waals surface area contributed by atoms with Gasteiger partial charge in [0.25, 0.3) is 5.91 Å². The molecule has 1 aliphatic rings. The van der Waals surface area contributed by atoms with Gasteiger partial charge in [-0.05, 0) is 85.5 Å². The van der Waals surface area contributed by atoms with Gasteiger partial charge in [0.15, 0.2) is 0 Å². The predicted octanol–water partition coefficient (Wildman–Crippen LogP) is 6.45. The molecule has 4 nitrogen and oxygen atoms in total. The van der Waals surface area contributed by atoms with Crippen molar-refractivity contribution >= 4 is 45.6 Å². The van der Waals surface area contributed by atoms with Crippen LogP contribution < -0.4 is 10.2 Å². The Balaban J connectivity index is 1.40. The van der Waals surface area contributed by atoms with Crippen molar-refractivity contribution in [2.45, 2.75) is 20.3 Å². The van der Waals surface area contributed by atoms with Gasteiger partial charge in [-0.25, -0.2) is 4.98 Å². The molecule has 0 fully saturated rings. The summed E-state index contributed by atoms with van der Waals surface area (Å²) in [5.74, 6) is 0.850. The number of pyridine rings is 1. The van der Waals surface area contributed by atoms with Gasteiger partial charge in [0.2, 0.25) is 0 Å². The standard InChI is InChI=1S/C26H22ClN3O/c1-16-6-7-19-15-20-12-13-30(25(20)28-24(19)14-16)21-10-8-18(9-11-21)26(31)29-23-5-3-4-22(27)17(23)2/h3-11,14-15H,12-13H2,1-2H3,(H,29,31). The Morgan fingerprint density at radius 2 is 1.84 bits per heavy atom. The number of halogens is 1. The molecule has 5 heteroatoms. The molecule has 4 aromatic rings. The van der Waals surface area contributed by atoms with E-state index in [0.717, 1.165) is 41.2 Å². The molecule has 0 saturated heterocycles. The number of aryl methyl sites for hydroxylation is 1. The smallest absolute Gasteiger partial charge is 0.255 e. The first-order chi connectivity index (χ1) is 15.0. The van der Waals surface area contributed by atoms with E-state index in [-0.39, 0.29) is 5.91 Å². The molecule has 5 rings (SSSR count). The summed E-state index contributed by atoms with van der Waals surface area (Å²) in [7, 11) is 0. The predicted molar refractivity (Wildman–Crippen MR) is 128 cm³/mol. The highest BCUT2D eigenvalue weighted by Crippen LogP contribution is 2.35. The normalized spacial score (nSPS) is 12.8. The molecule has 0 spiro atoms. The Kier molecular flexibility index (Phi) is 4.87. The number of nitrogens with one attached hydrogen (secondary N) is 1. The van der Waals surface area contributed by atoms with E-state index in [1.807, 2.05) is 49.4 Å². The van der Waals surface area contributed by atoms with Gasteiger partial charge in [-0.15, -0.1) is 0 Å². The summed E-state index contributed by atoms with van der Waals surface area (Å²) in [5, 5.41) is 4.76. The first kappa shape index (κ1) is 19.6. The Labute approximate surface area is 186 Å². The van der Waals surface area contributed by atoms with Crippen LogP contribution in [0, 0.1) is 13.8 Å². The topological polar surface area (TPSA) is 45.2 Å². The van der Waals surface area contributed by atoms with Crippen LogP contribution >= 0.6 is 11.6 Å². The van der Waals surface area contributed by atoms with Gasteiger partial charge >= 0.3 is 0 Å². The molecule has 1 N–H and O–H groups in total. The van der Waals surface area contributed by atoms with E-state index in [1.54, 1.807) is 0 Å². The number of rotatable bonds is 3. The largest absolute Gasteiger partial charge is 0.326 e. The summed E-state index contributed by atoms with van der Waals surface area (Å²) in [6.45, 7) is 4.86. The van der Waals surface area contributed by atoms with Gasteiger partial charge < -0.3 is 10.2 Å². The highest BCUT2D eigenvalue weighted by atomic mass is 35.5. The monoisotopic (exact) mass is 427 g/mol. The summed E-state index contributed by atoms with van der Waals surface area (Å²) in [5.41, 5.74) is 6.69. The van der Waals surface area contributed by atoms with Crippen LogP contribution in [0.3, 0.4) is 0 Å². The molecule has 0 atom stereocenters. The highest BCUT2D eigenvalue weighted by molar-refractivity contribution is 6.31. The minimum Gasteiger partial charge on any atom is -0.326 e. The molecular formula is C26H22ClN3O. The van der Waals surface area contributed by atoms with Crippen molar-refractivity contribution in [1.29, 1.82) is 0 Å². The van der Waals surface area contributed by atoms with Crippen molar-refractivity contribution in [1.82, 2.24) is 4.98 Å². The Morgan fingerprint density at radius 3 is 2.65 bits per heavy atom. The molecule has 0 radical (unpaired) electrons. The van der Waals surface area contributed by atoms with E-state index in [2.05, 4.69) is 41.4 Å². The van der Waals surface area contributed by atoms with Crippen LogP contribution in [0.15, 0.2) is 66.7 Å². The second-order valence-corrected chi connectivity index (χ2v) is 8.39. The highest BCUT2D eigenvalue weighted by Gasteiger charge is 2.23. The molecule has 3 aromatic carbocycles. The molecule has 1 amide bonds. The number of carbonyl (C=O) groups is 1. The summed E-state index contributed by atoms with van der Waals surface area (Å²) in [6.07, 6.45) is 0.961. The fourth-order valence-electron chi connectivity index (χ4n) is 4.05. The first-order valence-corrected chi connectivity index (χ1v) is 10.7. The molecular weight excluding hydrogens is 406 g/mol. The average Bonchev–Trinajstić information content (AvgIpc) is 3.18. The zero-order chi connectivity index (χ0) is 21.5. The van der Waals surface area contributed by atoms with E-state index in [9.17, 15) is 4.79 Å². The first-order valence-electron chi connectivity index (χ1n) is 10.3. The quantitative estimate of drug-likeness (QED) is 0.408. The molecule has 1 aromatic heterocycles.